The number of rotatable bonds is 5. The normalized spacial score (nSPS) is 10.0. The maximum Gasteiger partial charge on any atom is 0.286 e. The predicted octanol–water partition coefficient (Wildman–Crippen LogP) is 26.1. The SMILES string of the molecule is CC.CC.CC.CC.CC.CC.CC.CC.CC.CC.Cc1ccc2c(oc3ccncc32)c1-c1cccn[n+]1C.Cc1ccc2c(oc3ccncc32)c1-c1ccnc[n+]1C.Cc1ccc2c(oc3ccncc32)c1-c1cncc[n+]1C.Cc1ccc2c(oc3cnccc32)c1-c1cccn[n+]1C.Cc1cnc2c(oc3ccncc32)c1-c1cccc[n+]1C. The lowest BCUT2D eigenvalue weighted by Crippen LogP contribution is -2.35. The van der Waals surface area contributed by atoms with Gasteiger partial charge in [-0.15, -0.1) is 0 Å². The van der Waals surface area contributed by atoms with Gasteiger partial charge in [0.25, 0.3) is 6.33 Å². The van der Waals surface area contributed by atoms with Crippen molar-refractivity contribution in [2.75, 3.05) is 0 Å². The first kappa shape index (κ1) is 100. The van der Waals surface area contributed by atoms with Crippen LogP contribution in [0, 0.1) is 34.6 Å². The van der Waals surface area contributed by atoms with E-state index < -0.39 is 0 Å². The Bertz CT molecular complexity index is 5800. The first-order chi connectivity index (χ1) is 61.3. The van der Waals surface area contributed by atoms with Crippen LogP contribution in [-0.2, 0) is 35.2 Å². The molecule has 20 heteroatoms. The van der Waals surface area contributed by atoms with Crippen molar-refractivity contribution in [3.63, 3.8) is 0 Å². The maximum atomic E-state index is 6.10. The molecule has 16 heterocycles. The average Bonchev–Trinajstić information content (AvgIpc) is 1.65. The van der Waals surface area contributed by atoms with Gasteiger partial charge in [-0.1, -0.05) is 201 Å². The van der Waals surface area contributed by atoms with Crippen LogP contribution in [0.1, 0.15) is 166 Å². The molecule has 0 amide bonds. The summed E-state index contributed by atoms with van der Waals surface area (Å²) in [6.07, 6.45) is 34.6. The fourth-order valence-corrected chi connectivity index (χ4v) is 13.9. The van der Waals surface area contributed by atoms with E-state index in [4.69, 9.17) is 22.1 Å². The Balaban J connectivity index is 0.000000229. The van der Waals surface area contributed by atoms with Crippen molar-refractivity contribution in [1.82, 2.24) is 50.1 Å². The minimum absolute atomic E-state index is 0.811. The van der Waals surface area contributed by atoms with Crippen molar-refractivity contribution < 1.29 is 45.2 Å². The fourth-order valence-electron chi connectivity index (χ4n) is 13.9. The zero-order valence-electron chi connectivity index (χ0n) is 79.3. The first-order valence-corrected chi connectivity index (χ1v) is 44.1. The minimum atomic E-state index is 0.811. The monoisotopic (exact) mass is 1680 g/mol. The standard InChI is InChI=1S/5C17H14N3O.10C2H6/c1-11-3-4-12-13-9-18-8-6-15(13)21-17(12)16(11)14-5-7-19-10-20(14)2;1-11-3-4-12-13-9-18-6-5-15(13)21-17(12)16(11)14-10-19-7-8-20(14)2;1-11-5-6-13-12-7-9-18-10-15(12)21-17(13)16(11)14-4-3-8-19-20(14)2;1-11-5-6-12-13-10-18-9-7-15(13)21-17(12)16(11)14-4-3-8-19-20(14)2;1-11-9-19-16-12-10-18-7-6-14(12)21-17(16)15(11)13-5-3-4-8-20(13)2;10*1-2/h5*3-10H,1-2H3;10*1-2H3/q5*+1;;;;;;;;;;. The second-order valence-electron chi connectivity index (χ2n) is 25.8. The minimum Gasteiger partial charge on any atom is -0.455 e. The lowest BCUT2D eigenvalue weighted by atomic mass is 10.0. The molecule has 0 saturated heterocycles. The molecule has 0 aliphatic rings. The summed E-state index contributed by atoms with van der Waals surface area (Å²) in [5.41, 5.74) is 26.0. The van der Waals surface area contributed by atoms with Crippen LogP contribution in [0.4, 0.5) is 0 Å². The number of hydrogen-bond acceptors (Lipinski definition) is 15. The van der Waals surface area contributed by atoms with Crippen LogP contribution in [0.2, 0.25) is 0 Å². The van der Waals surface area contributed by atoms with Crippen LogP contribution < -0.4 is 23.1 Å². The van der Waals surface area contributed by atoms with E-state index in [-0.39, 0.29) is 0 Å². The summed E-state index contributed by atoms with van der Waals surface area (Å²) >= 11 is 0. The number of benzene rings is 4. The number of nitrogens with zero attached hydrogens (tertiary/aromatic N) is 15. The van der Waals surface area contributed by atoms with Gasteiger partial charge in [0.15, 0.2) is 37.7 Å². The largest absolute Gasteiger partial charge is 0.455 e. The Labute approximate surface area is 738 Å². The zero-order valence-corrected chi connectivity index (χ0v) is 79.3. The quantitative estimate of drug-likeness (QED) is 0.147. The summed E-state index contributed by atoms with van der Waals surface area (Å²) in [5, 5.41) is 18.2. The summed E-state index contributed by atoms with van der Waals surface area (Å²) in [5.74, 6) is 0. The van der Waals surface area contributed by atoms with Crippen molar-refractivity contribution in [2.24, 2.45) is 35.2 Å². The number of furan rings is 5. The van der Waals surface area contributed by atoms with Crippen LogP contribution in [0.25, 0.3) is 166 Å². The molecule has 0 fully saturated rings. The molecule has 0 aliphatic heterocycles. The third kappa shape index (κ3) is 22.2. The number of aromatic nitrogens is 15. The molecule has 0 bridgehead atoms. The third-order valence-electron chi connectivity index (χ3n) is 19.2. The van der Waals surface area contributed by atoms with Crippen LogP contribution >= 0.6 is 0 Å². The van der Waals surface area contributed by atoms with E-state index in [1.165, 1.54) is 5.56 Å². The molecule has 0 aliphatic carbocycles. The average molecular weight is 1680 g/mol. The molecule has 125 heavy (non-hydrogen) atoms. The first-order valence-electron chi connectivity index (χ1n) is 44.1. The summed E-state index contributed by atoms with van der Waals surface area (Å²) < 4.78 is 40.3. The topological polar surface area (TPSA) is 214 Å². The third-order valence-corrected chi connectivity index (χ3v) is 19.2. The molecule has 0 N–H and O–H groups in total. The number of aryl methyl sites for hydroxylation is 10. The molecule has 0 spiro atoms. The van der Waals surface area contributed by atoms with Crippen LogP contribution in [0.15, 0.2) is 267 Å². The van der Waals surface area contributed by atoms with E-state index in [1.54, 1.807) is 74.5 Å². The van der Waals surface area contributed by atoms with Crippen molar-refractivity contribution in [2.45, 2.75) is 173 Å². The van der Waals surface area contributed by atoms with E-state index in [0.717, 1.165) is 188 Å². The van der Waals surface area contributed by atoms with Gasteiger partial charge < -0.3 is 22.1 Å². The predicted molar refractivity (Wildman–Crippen MR) is 517 cm³/mol. The second-order valence-corrected chi connectivity index (χ2v) is 25.8. The Morgan fingerprint density at radius 3 is 0.984 bits per heavy atom. The van der Waals surface area contributed by atoms with Gasteiger partial charge in [0.2, 0.25) is 22.8 Å². The van der Waals surface area contributed by atoms with Gasteiger partial charge in [-0.25, -0.2) is 9.13 Å². The Kier molecular flexibility index (Phi) is 40.5. The van der Waals surface area contributed by atoms with Crippen LogP contribution in [0.5, 0.6) is 0 Å². The van der Waals surface area contributed by atoms with Gasteiger partial charge in [0.05, 0.1) is 71.2 Å². The Hall–Kier alpha value is -13.8. The van der Waals surface area contributed by atoms with Crippen molar-refractivity contribution >= 4 is 110 Å². The molecular weight excluding hydrogens is 1550 g/mol. The van der Waals surface area contributed by atoms with Gasteiger partial charge in [-0.3, -0.25) is 34.9 Å². The lowest BCUT2D eigenvalue weighted by molar-refractivity contribution is -0.720. The highest BCUT2D eigenvalue weighted by Gasteiger charge is 2.26. The molecule has 16 aromatic heterocycles. The summed E-state index contributed by atoms with van der Waals surface area (Å²) in [6, 6.07) is 42.6. The zero-order chi connectivity index (χ0) is 92.0. The van der Waals surface area contributed by atoms with E-state index in [9.17, 15) is 0 Å². The smallest absolute Gasteiger partial charge is 0.286 e. The molecule has 0 atom stereocenters. The summed E-state index contributed by atoms with van der Waals surface area (Å²) in [6.45, 7) is 50.4. The van der Waals surface area contributed by atoms with Gasteiger partial charge in [0, 0.05) is 135 Å². The highest BCUT2D eigenvalue weighted by atomic mass is 16.3. The Morgan fingerprint density at radius 1 is 0.224 bits per heavy atom. The summed E-state index contributed by atoms with van der Waals surface area (Å²) in [7, 11) is 9.92. The maximum absolute atomic E-state index is 6.10. The molecule has 20 rings (SSSR count). The number of pyridine rings is 7. The molecule has 0 radical (unpaired) electrons. The molecule has 20 aromatic rings. The molecule has 4 aromatic carbocycles. The van der Waals surface area contributed by atoms with Gasteiger partial charge in [0.1, 0.15) is 76.2 Å². The van der Waals surface area contributed by atoms with Crippen LogP contribution in [-0.4, -0.2) is 50.1 Å². The van der Waals surface area contributed by atoms with Crippen molar-refractivity contribution in [3.8, 4) is 56.3 Å². The van der Waals surface area contributed by atoms with E-state index in [2.05, 4.69) is 161 Å². The van der Waals surface area contributed by atoms with Gasteiger partial charge in [-0.05, 0) is 121 Å². The highest BCUT2D eigenvalue weighted by molar-refractivity contribution is 6.13. The van der Waals surface area contributed by atoms with E-state index in [0.29, 0.717) is 0 Å². The highest BCUT2D eigenvalue weighted by Crippen LogP contribution is 2.41. The van der Waals surface area contributed by atoms with E-state index in [1.807, 2.05) is 292 Å². The lowest BCUT2D eigenvalue weighted by Gasteiger charge is -2.06. The van der Waals surface area contributed by atoms with Gasteiger partial charge >= 0.3 is 0 Å². The van der Waals surface area contributed by atoms with Crippen molar-refractivity contribution in [3.05, 3.63) is 273 Å². The number of fused-ring (bicyclic) bond motifs is 15. The molecule has 0 unspecified atom stereocenters. The van der Waals surface area contributed by atoms with Gasteiger partial charge in [-0.2, -0.15) is 4.57 Å². The molecular formula is C105H130N15O5+5. The molecule has 650 valence electrons. The molecule has 0 saturated carbocycles. The fraction of sp³-hybridized carbons (Fsp3) is 0.286. The number of hydrogen-bond donors (Lipinski definition) is 0. The van der Waals surface area contributed by atoms with Crippen LogP contribution in [0.3, 0.4) is 0 Å². The molecule has 20 nitrogen and oxygen atoms in total. The van der Waals surface area contributed by atoms with Crippen molar-refractivity contribution in [1.29, 1.82) is 0 Å². The summed E-state index contributed by atoms with van der Waals surface area (Å²) in [4.78, 5) is 33.9. The van der Waals surface area contributed by atoms with E-state index >= 15 is 0 Å². The Morgan fingerprint density at radius 2 is 0.560 bits per heavy atom. The second kappa shape index (κ2) is 50.6.